The van der Waals surface area contributed by atoms with E-state index in [-0.39, 0.29) is 11.8 Å². The highest BCUT2D eigenvalue weighted by atomic mass is 32.2. The molecule has 2 amide bonds. The molecule has 156 valence electrons. The van der Waals surface area contributed by atoms with Crippen molar-refractivity contribution in [2.24, 2.45) is 5.92 Å². The molecule has 2 aromatic carbocycles. The number of carbonyl (C=O) groups excluding carboxylic acids is 2. The third kappa shape index (κ3) is 7.94. The summed E-state index contributed by atoms with van der Waals surface area (Å²) in [4.78, 5) is 27.3. The van der Waals surface area contributed by atoms with Crippen LogP contribution >= 0.6 is 11.8 Å². The Bertz CT molecular complexity index is 775. The number of nitrogens with zero attached hydrogens (tertiary/aromatic N) is 1. The maximum absolute atomic E-state index is 13.0. The normalized spacial score (nSPS) is 11.9. The third-order valence-corrected chi connectivity index (χ3v) is 5.65. The SMILES string of the molecule is Cc1ccc(CSCC(=O)N(Cc2ccccc2)C(C)C(=O)NCC(C)C)cc1. The van der Waals surface area contributed by atoms with Crippen LogP contribution in [0, 0.1) is 12.8 Å². The van der Waals surface area contributed by atoms with Gasteiger partial charge in [0, 0.05) is 18.8 Å². The van der Waals surface area contributed by atoms with Crippen LogP contribution < -0.4 is 5.32 Å². The molecule has 0 aliphatic carbocycles. The quantitative estimate of drug-likeness (QED) is 0.628. The van der Waals surface area contributed by atoms with Gasteiger partial charge in [0.05, 0.1) is 5.75 Å². The van der Waals surface area contributed by atoms with Gasteiger partial charge in [0.15, 0.2) is 0 Å². The van der Waals surface area contributed by atoms with E-state index in [4.69, 9.17) is 0 Å². The Hall–Kier alpha value is -2.27. The number of rotatable bonds is 10. The molecule has 0 saturated heterocycles. The Balaban J connectivity index is 2.01. The van der Waals surface area contributed by atoms with Crippen LogP contribution in [0.25, 0.3) is 0 Å². The van der Waals surface area contributed by atoms with Gasteiger partial charge in [-0.15, -0.1) is 11.8 Å². The summed E-state index contributed by atoms with van der Waals surface area (Å²) in [6.45, 7) is 9.02. The minimum atomic E-state index is -0.513. The van der Waals surface area contributed by atoms with E-state index in [1.165, 1.54) is 11.1 Å². The lowest BCUT2D eigenvalue weighted by molar-refractivity contribution is -0.138. The molecule has 0 spiro atoms. The van der Waals surface area contributed by atoms with Crippen LogP contribution in [0.5, 0.6) is 0 Å². The fourth-order valence-electron chi connectivity index (χ4n) is 2.84. The van der Waals surface area contributed by atoms with Gasteiger partial charge in [-0.25, -0.2) is 0 Å². The van der Waals surface area contributed by atoms with Gasteiger partial charge in [0.1, 0.15) is 6.04 Å². The number of hydrogen-bond acceptors (Lipinski definition) is 3. The number of amides is 2. The van der Waals surface area contributed by atoms with Crippen LogP contribution in [0.4, 0.5) is 0 Å². The average molecular weight is 413 g/mol. The first kappa shape index (κ1) is 23.0. The minimum absolute atomic E-state index is 0.0156. The van der Waals surface area contributed by atoms with Crippen molar-refractivity contribution in [3.63, 3.8) is 0 Å². The van der Waals surface area contributed by atoms with Crippen molar-refractivity contribution in [3.05, 3.63) is 71.3 Å². The summed E-state index contributed by atoms with van der Waals surface area (Å²) >= 11 is 1.58. The van der Waals surface area contributed by atoms with Gasteiger partial charge in [-0.1, -0.05) is 74.0 Å². The molecule has 0 aliphatic heterocycles. The Morgan fingerprint density at radius 3 is 2.24 bits per heavy atom. The zero-order valence-electron chi connectivity index (χ0n) is 17.9. The number of benzene rings is 2. The molecule has 29 heavy (non-hydrogen) atoms. The van der Waals surface area contributed by atoms with E-state index in [1.54, 1.807) is 23.6 Å². The number of aryl methyl sites for hydroxylation is 1. The van der Waals surface area contributed by atoms with Crippen molar-refractivity contribution in [1.29, 1.82) is 0 Å². The molecule has 0 radical (unpaired) electrons. The fourth-order valence-corrected chi connectivity index (χ4v) is 3.71. The molecule has 0 heterocycles. The Kier molecular flexibility index (Phi) is 9.26. The standard InChI is InChI=1S/C24H32N2O2S/c1-18(2)14-25-24(28)20(4)26(15-21-8-6-5-7-9-21)23(27)17-29-16-22-12-10-19(3)11-13-22/h5-13,18,20H,14-17H2,1-4H3,(H,25,28). The molecule has 2 aromatic rings. The Morgan fingerprint density at radius 2 is 1.62 bits per heavy atom. The molecule has 1 atom stereocenters. The molecular weight excluding hydrogens is 380 g/mol. The molecule has 0 bridgehead atoms. The Morgan fingerprint density at radius 1 is 0.966 bits per heavy atom. The van der Waals surface area contributed by atoms with Crippen molar-refractivity contribution in [2.45, 2.75) is 46.0 Å². The molecule has 0 saturated carbocycles. The predicted molar refractivity (Wildman–Crippen MR) is 122 cm³/mol. The van der Waals surface area contributed by atoms with Crippen molar-refractivity contribution in [3.8, 4) is 0 Å². The molecule has 2 rings (SSSR count). The summed E-state index contributed by atoms with van der Waals surface area (Å²) in [6, 6.07) is 17.7. The van der Waals surface area contributed by atoms with E-state index < -0.39 is 6.04 Å². The summed E-state index contributed by atoms with van der Waals surface area (Å²) in [5.41, 5.74) is 3.45. The van der Waals surface area contributed by atoms with Crippen molar-refractivity contribution in [1.82, 2.24) is 10.2 Å². The second-order valence-corrected chi connectivity index (χ2v) is 8.79. The molecule has 4 nitrogen and oxygen atoms in total. The number of nitrogens with one attached hydrogen (secondary N) is 1. The van der Waals surface area contributed by atoms with Gasteiger partial charge in [0.25, 0.3) is 0 Å². The summed E-state index contributed by atoms with van der Waals surface area (Å²) < 4.78 is 0. The lowest BCUT2D eigenvalue weighted by atomic mass is 10.1. The van der Waals surface area contributed by atoms with Crippen LogP contribution in [-0.2, 0) is 21.9 Å². The maximum atomic E-state index is 13.0. The predicted octanol–water partition coefficient (Wildman–Crippen LogP) is 4.42. The van der Waals surface area contributed by atoms with E-state index in [2.05, 4.69) is 50.4 Å². The van der Waals surface area contributed by atoms with Gasteiger partial charge in [-0.2, -0.15) is 0 Å². The van der Waals surface area contributed by atoms with Crippen LogP contribution in [0.15, 0.2) is 54.6 Å². The second-order valence-electron chi connectivity index (χ2n) is 7.80. The lowest BCUT2D eigenvalue weighted by Crippen LogP contribution is -2.48. The number of hydrogen-bond donors (Lipinski definition) is 1. The van der Waals surface area contributed by atoms with E-state index in [0.29, 0.717) is 24.8 Å². The van der Waals surface area contributed by atoms with Crippen LogP contribution in [0.1, 0.15) is 37.5 Å². The fraction of sp³-hybridized carbons (Fsp3) is 0.417. The van der Waals surface area contributed by atoms with Crippen molar-refractivity contribution >= 4 is 23.6 Å². The average Bonchev–Trinajstić information content (AvgIpc) is 2.71. The van der Waals surface area contributed by atoms with Gasteiger partial charge in [-0.05, 0) is 30.9 Å². The van der Waals surface area contributed by atoms with Gasteiger partial charge in [0.2, 0.25) is 11.8 Å². The molecule has 1 unspecified atom stereocenters. The lowest BCUT2D eigenvalue weighted by Gasteiger charge is -2.29. The summed E-state index contributed by atoms with van der Waals surface area (Å²) in [7, 11) is 0. The Labute approximate surface area is 179 Å². The third-order valence-electron chi connectivity index (χ3n) is 4.66. The van der Waals surface area contributed by atoms with Crippen LogP contribution in [0.3, 0.4) is 0 Å². The first-order valence-electron chi connectivity index (χ1n) is 10.1. The topological polar surface area (TPSA) is 49.4 Å². The number of thioether (sulfide) groups is 1. The van der Waals surface area contributed by atoms with E-state index in [9.17, 15) is 9.59 Å². The molecular formula is C24H32N2O2S. The monoisotopic (exact) mass is 412 g/mol. The van der Waals surface area contributed by atoms with Gasteiger partial charge < -0.3 is 10.2 Å². The van der Waals surface area contributed by atoms with E-state index in [0.717, 1.165) is 11.3 Å². The highest BCUT2D eigenvalue weighted by Crippen LogP contribution is 2.16. The van der Waals surface area contributed by atoms with Crippen LogP contribution in [-0.4, -0.2) is 35.1 Å². The smallest absolute Gasteiger partial charge is 0.242 e. The van der Waals surface area contributed by atoms with E-state index in [1.807, 2.05) is 30.3 Å². The summed E-state index contributed by atoms with van der Waals surface area (Å²) in [6.07, 6.45) is 0. The second kappa shape index (κ2) is 11.7. The first-order valence-corrected chi connectivity index (χ1v) is 11.3. The molecule has 0 fully saturated rings. The van der Waals surface area contributed by atoms with E-state index >= 15 is 0 Å². The van der Waals surface area contributed by atoms with Crippen molar-refractivity contribution in [2.75, 3.05) is 12.3 Å². The zero-order chi connectivity index (χ0) is 21.2. The van der Waals surface area contributed by atoms with Crippen LogP contribution in [0.2, 0.25) is 0 Å². The molecule has 5 heteroatoms. The minimum Gasteiger partial charge on any atom is -0.354 e. The number of carbonyl (C=O) groups is 2. The first-order chi connectivity index (χ1) is 13.9. The van der Waals surface area contributed by atoms with Gasteiger partial charge in [-0.3, -0.25) is 9.59 Å². The highest BCUT2D eigenvalue weighted by molar-refractivity contribution is 7.99. The molecule has 0 aromatic heterocycles. The maximum Gasteiger partial charge on any atom is 0.242 e. The van der Waals surface area contributed by atoms with Crippen molar-refractivity contribution < 1.29 is 9.59 Å². The molecule has 0 aliphatic rings. The molecule has 1 N–H and O–H groups in total. The largest absolute Gasteiger partial charge is 0.354 e. The van der Waals surface area contributed by atoms with Gasteiger partial charge >= 0.3 is 0 Å². The summed E-state index contributed by atoms with van der Waals surface area (Å²) in [5, 5.41) is 2.95. The zero-order valence-corrected chi connectivity index (χ0v) is 18.7. The highest BCUT2D eigenvalue weighted by Gasteiger charge is 2.26. The summed E-state index contributed by atoms with van der Waals surface area (Å²) in [5.74, 6) is 1.38.